The van der Waals surface area contributed by atoms with Gasteiger partial charge in [-0.1, -0.05) is 12.1 Å². The first-order chi connectivity index (χ1) is 9.72. The minimum absolute atomic E-state index is 0.0120. The standard InChI is InChI=1S/C14H19NO5/c16-9-11-10-19-7-5-15(11)6-8-20-13-4-2-1-3-12(13)14(17)18/h1-4,11,16H,5-10H2,(H,17,18). The zero-order valence-corrected chi connectivity index (χ0v) is 11.2. The molecule has 2 rings (SSSR count). The smallest absolute Gasteiger partial charge is 0.339 e. The molecule has 0 saturated carbocycles. The number of hydrogen-bond donors (Lipinski definition) is 2. The van der Waals surface area contributed by atoms with Crippen molar-refractivity contribution < 1.29 is 24.5 Å². The lowest BCUT2D eigenvalue weighted by Crippen LogP contribution is -2.48. The Morgan fingerprint density at radius 1 is 1.45 bits per heavy atom. The van der Waals surface area contributed by atoms with Crippen molar-refractivity contribution in [3.63, 3.8) is 0 Å². The number of carboxylic acids is 1. The molecule has 6 heteroatoms. The van der Waals surface area contributed by atoms with E-state index in [9.17, 15) is 9.90 Å². The first-order valence-electron chi connectivity index (χ1n) is 6.60. The van der Waals surface area contributed by atoms with E-state index in [1.807, 2.05) is 0 Å². The number of aromatic carboxylic acids is 1. The molecule has 2 N–H and O–H groups in total. The Labute approximate surface area is 117 Å². The Bertz CT molecular complexity index is 451. The topological polar surface area (TPSA) is 79.2 Å². The van der Waals surface area contributed by atoms with Crippen molar-refractivity contribution in [2.24, 2.45) is 0 Å². The first kappa shape index (κ1) is 14.8. The number of carbonyl (C=O) groups is 1. The fourth-order valence-electron chi connectivity index (χ4n) is 2.19. The summed E-state index contributed by atoms with van der Waals surface area (Å²) in [7, 11) is 0. The first-order valence-corrected chi connectivity index (χ1v) is 6.60. The molecule has 1 aromatic rings. The lowest BCUT2D eigenvalue weighted by atomic mass is 10.2. The molecular formula is C14H19NO5. The molecule has 110 valence electrons. The lowest BCUT2D eigenvalue weighted by molar-refractivity contribution is -0.0313. The van der Waals surface area contributed by atoms with Crippen LogP contribution < -0.4 is 4.74 Å². The van der Waals surface area contributed by atoms with Gasteiger partial charge in [-0.2, -0.15) is 0 Å². The molecule has 6 nitrogen and oxygen atoms in total. The van der Waals surface area contributed by atoms with E-state index in [-0.39, 0.29) is 18.2 Å². The Hall–Kier alpha value is -1.63. The molecule has 1 saturated heterocycles. The third kappa shape index (κ3) is 3.69. The van der Waals surface area contributed by atoms with Crippen LogP contribution in [-0.2, 0) is 4.74 Å². The average molecular weight is 281 g/mol. The van der Waals surface area contributed by atoms with Gasteiger partial charge >= 0.3 is 5.97 Å². The number of ether oxygens (including phenoxy) is 2. The average Bonchev–Trinajstić information content (AvgIpc) is 2.48. The van der Waals surface area contributed by atoms with Crippen LogP contribution in [0.4, 0.5) is 0 Å². The molecule has 0 aromatic heterocycles. The third-order valence-corrected chi connectivity index (χ3v) is 3.31. The maximum Gasteiger partial charge on any atom is 0.339 e. The van der Waals surface area contributed by atoms with Crippen molar-refractivity contribution in [1.82, 2.24) is 4.90 Å². The number of morpholine rings is 1. The molecule has 1 atom stereocenters. The second kappa shape index (κ2) is 7.23. The van der Waals surface area contributed by atoms with Crippen LogP contribution in [0.3, 0.4) is 0 Å². The van der Waals surface area contributed by atoms with Gasteiger partial charge in [-0.3, -0.25) is 4.90 Å². The van der Waals surface area contributed by atoms with Crippen molar-refractivity contribution in [3.8, 4) is 5.75 Å². The molecule has 0 aliphatic carbocycles. The SMILES string of the molecule is O=C(O)c1ccccc1OCCN1CCOCC1CO. The summed E-state index contributed by atoms with van der Waals surface area (Å²) < 4.78 is 10.8. The highest BCUT2D eigenvalue weighted by Gasteiger charge is 2.22. The van der Waals surface area contributed by atoms with E-state index in [0.717, 1.165) is 6.54 Å². The van der Waals surface area contributed by atoms with Crippen molar-refractivity contribution in [2.45, 2.75) is 6.04 Å². The molecule has 1 aromatic carbocycles. The van der Waals surface area contributed by atoms with Crippen LogP contribution in [-0.4, -0.2) is 66.6 Å². The summed E-state index contributed by atoms with van der Waals surface area (Å²) >= 11 is 0. The predicted molar refractivity (Wildman–Crippen MR) is 72.2 cm³/mol. The van der Waals surface area contributed by atoms with Gasteiger partial charge in [0.1, 0.15) is 17.9 Å². The van der Waals surface area contributed by atoms with Crippen LogP contribution in [0.1, 0.15) is 10.4 Å². The van der Waals surface area contributed by atoms with Crippen LogP contribution in [0.25, 0.3) is 0 Å². The zero-order chi connectivity index (χ0) is 14.4. The van der Waals surface area contributed by atoms with E-state index < -0.39 is 5.97 Å². The van der Waals surface area contributed by atoms with Gasteiger partial charge in [0.25, 0.3) is 0 Å². The fourth-order valence-corrected chi connectivity index (χ4v) is 2.19. The zero-order valence-electron chi connectivity index (χ0n) is 11.2. The number of nitrogens with zero attached hydrogens (tertiary/aromatic N) is 1. The highest BCUT2D eigenvalue weighted by Crippen LogP contribution is 2.17. The molecule has 1 aliphatic heterocycles. The molecule has 1 heterocycles. The number of para-hydroxylation sites is 1. The summed E-state index contributed by atoms with van der Waals surface area (Å²) in [6.45, 7) is 2.95. The summed E-state index contributed by atoms with van der Waals surface area (Å²) in [5, 5.41) is 18.3. The van der Waals surface area contributed by atoms with Gasteiger partial charge in [0.15, 0.2) is 0 Å². The minimum Gasteiger partial charge on any atom is -0.491 e. The molecule has 0 radical (unpaired) electrons. The second-order valence-electron chi connectivity index (χ2n) is 4.60. The summed E-state index contributed by atoms with van der Waals surface area (Å²) in [6, 6.07) is 6.56. The van der Waals surface area contributed by atoms with Crippen molar-refractivity contribution >= 4 is 5.97 Å². The number of hydrogen-bond acceptors (Lipinski definition) is 5. The predicted octanol–water partition coefficient (Wildman–Crippen LogP) is 0.457. The molecule has 1 fully saturated rings. The maximum atomic E-state index is 11.0. The van der Waals surface area contributed by atoms with Gasteiger partial charge in [0, 0.05) is 13.1 Å². The highest BCUT2D eigenvalue weighted by molar-refractivity contribution is 5.90. The Kier molecular flexibility index (Phi) is 5.34. The number of aliphatic hydroxyl groups excluding tert-OH is 1. The van der Waals surface area contributed by atoms with Crippen LogP contribution in [0, 0.1) is 0 Å². The van der Waals surface area contributed by atoms with E-state index >= 15 is 0 Å². The Balaban J connectivity index is 1.88. The summed E-state index contributed by atoms with van der Waals surface area (Å²) in [4.78, 5) is 13.1. The normalized spacial score (nSPS) is 19.8. The van der Waals surface area contributed by atoms with Gasteiger partial charge in [0.05, 0.1) is 25.9 Å². The highest BCUT2D eigenvalue weighted by atomic mass is 16.5. The number of aliphatic hydroxyl groups is 1. The van der Waals surface area contributed by atoms with Crippen molar-refractivity contribution in [3.05, 3.63) is 29.8 Å². The summed E-state index contributed by atoms with van der Waals surface area (Å²) in [5.74, 6) is -0.631. The molecule has 0 bridgehead atoms. The summed E-state index contributed by atoms with van der Waals surface area (Å²) in [6.07, 6.45) is 0. The van der Waals surface area contributed by atoms with Gasteiger partial charge < -0.3 is 19.7 Å². The van der Waals surface area contributed by atoms with Crippen molar-refractivity contribution in [2.75, 3.05) is 39.5 Å². The fraction of sp³-hybridized carbons (Fsp3) is 0.500. The van der Waals surface area contributed by atoms with Gasteiger partial charge in [-0.15, -0.1) is 0 Å². The maximum absolute atomic E-state index is 11.0. The second-order valence-corrected chi connectivity index (χ2v) is 4.60. The monoisotopic (exact) mass is 281 g/mol. The quantitative estimate of drug-likeness (QED) is 0.788. The van der Waals surface area contributed by atoms with E-state index in [1.165, 1.54) is 6.07 Å². The van der Waals surface area contributed by atoms with Gasteiger partial charge in [-0.25, -0.2) is 4.79 Å². The Morgan fingerprint density at radius 2 is 2.25 bits per heavy atom. The van der Waals surface area contributed by atoms with Crippen LogP contribution in [0.15, 0.2) is 24.3 Å². The molecule has 0 amide bonds. The Morgan fingerprint density at radius 3 is 3.00 bits per heavy atom. The van der Waals surface area contributed by atoms with Gasteiger partial charge in [-0.05, 0) is 12.1 Å². The lowest BCUT2D eigenvalue weighted by Gasteiger charge is -2.34. The van der Waals surface area contributed by atoms with E-state index in [1.54, 1.807) is 18.2 Å². The molecular weight excluding hydrogens is 262 g/mol. The largest absolute Gasteiger partial charge is 0.491 e. The van der Waals surface area contributed by atoms with Crippen LogP contribution >= 0.6 is 0 Å². The number of rotatable bonds is 6. The number of carboxylic acid groups (broad SMARTS) is 1. The molecule has 20 heavy (non-hydrogen) atoms. The third-order valence-electron chi connectivity index (χ3n) is 3.31. The van der Waals surface area contributed by atoms with E-state index in [4.69, 9.17) is 14.6 Å². The molecule has 0 spiro atoms. The number of benzene rings is 1. The van der Waals surface area contributed by atoms with Crippen LogP contribution in [0.5, 0.6) is 5.75 Å². The summed E-state index contributed by atoms with van der Waals surface area (Å²) in [5.41, 5.74) is 0.160. The van der Waals surface area contributed by atoms with Gasteiger partial charge in [0.2, 0.25) is 0 Å². The van der Waals surface area contributed by atoms with E-state index in [2.05, 4.69) is 4.90 Å². The van der Waals surface area contributed by atoms with E-state index in [0.29, 0.717) is 32.1 Å². The molecule has 1 aliphatic rings. The molecule has 1 unspecified atom stereocenters. The van der Waals surface area contributed by atoms with Crippen LogP contribution in [0.2, 0.25) is 0 Å². The minimum atomic E-state index is -1.000. The van der Waals surface area contributed by atoms with Crippen molar-refractivity contribution in [1.29, 1.82) is 0 Å².